The summed E-state index contributed by atoms with van der Waals surface area (Å²) in [6.07, 6.45) is 27.3. The normalized spacial score (nSPS) is 27.4. The average molecular weight is 455 g/mol. The highest BCUT2D eigenvalue weighted by molar-refractivity contribution is 5.74. The second-order valence-corrected chi connectivity index (χ2v) is 10.1. The van der Waals surface area contributed by atoms with Crippen LogP contribution in [0, 0.1) is 0 Å². The lowest BCUT2D eigenvalue weighted by atomic mass is 10.0. The topological polar surface area (TPSA) is 66.8 Å². The molecule has 2 atom stereocenters. The van der Waals surface area contributed by atoms with Gasteiger partial charge < -0.3 is 14.9 Å². The van der Waals surface area contributed by atoms with E-state index in [9.17, 15) is 15.0 Å². The molecule has 4 nitrogen and oxygen atoms in total. The summed E-state index contributed by atoms with van der Waals surface area (Å²) < 4.78 is 5.21. The van der Waals surface area contributed by atoms with E-state index >= 15 is 0 Å². The van der Waals surface area contributed by atoms with Gasteiger partial charge in [-0.1, -0.05) is 122 Å². The summed E-state index contributed by atoms with van der Waals surface area (Å²) in [6.45, 7) is 0.350. The number of rotatable bonds is 0. The van der Waals surface area contributed by atoms with E-state index in [0.29, 0.717) is 13.0 Å². The van der Waals surface area contributed by atoms with Gasteiger partial charge in [-0.3, -0.25) is 0 Å². The van der Waals surface area contributed by atoms with Gasteiger partial charge >= 0.3 is 5.97 Å². The summed E-state index contributed by atoms with van der Waals surface area (Å²) in [5.74, 6) is -0.477. The van der Waals surface area contributed by atoms with E-state index in [0.717, 1.165) is 44.9 Å². The first-order chi connectivity index (χ1) is 15.7. The van der Waals surface area contributed by atoms with E-state index in [1.807, 2.05) is 0 Å². The smallest absolute Gasteiger partial charge is 0.334 e. The van der Waals surface area contributed by atoms with Crippen molar-refractivity contribution >= 4 is 5.97 Å². The zero-order valence-electron chi connectivity index (χ0n) is 21.0. The van der Waals surface area contributed by atoms with Crippen LogP contribution in [0.4, 0.5) is 0 Å². The number of aliphatic hydroxyl groups is 2. The van der Waals surface area contributed by atoms with Gasteiger partial charge in [-0.2, -0.15) is 0 Å². The van der Waals surface area contributed by atoms with Crippen LogP contribution in [-0.2, 0) is 9.53 Å². The molecule has 0 aromatic carbocycles. The molecule has 32 heavy (non-hydrogen) atoms. The lowest BCUT2D eigenvalue weighted by Gasteiger charge is -2.12. The number of hydrogen-bond acceptors (Lipinski definition) is 4. The van der Waals surface area contributed by atoms with Crippen molar-refractivity contribution in [3.63, 3.8) is 0 Å². The quantitative estimate of drug-likeness (QED) is 0.369. The van der Waals surface area contributed by atoms with E-state index in [1.165, 1.54) is 103 Å². The molecule has 1 rings (SSSR count). The number of carbonyl (C=O) groups is 1. The molecule has 0 saturated carbocycles. The molecule has 0 aromatic rings. The average Bonchev–Trinajstić information content (AvgIpc) is 2.78. The molecule has 0 aromatic heterocycles. The fourth-order valence-electron chi connectivity index (χ4n) is 4.74. The van der Waals surface area contributed by atoms with Gasteiger partial charge in [-0.15, -0.1) is 0 Å². The van der Waals surface area contributed by atoms with Gasteiger partial charge in [-0.05, 0) is 32.1 Å². The third kappa shape index (κ3) is 18.9. The number of carbonyl (C=O) groups excluding carboxylic acids is 1. The Labute approximate surface area is 198 Å². The Morgan fingerprint density at radius 1 is 0.469 bits per heavy atom. The van der Waals surface area contributed by atoms with Gasteiger partial charge in [0.05, 0.1) is 12.7 Å². The van der Waals surface area contributed by atoms with Gasteiger partial charge in [0.1, 0.15) is 0 Å². The molecule has 0 amide bonds. The van der Waals surface area contributed by atoms with Gasteiger partial charge in [0.25, 0.3) is 0 Å². The molecule has 190 valence electrons. The van der Waals surface area contributed by atoms with E-state index in [-0.39, 0.29) is 6.10 Å². The van der Waals surface area contributed by atoms with E-state index in [1.54, 1.807) is 0 Å². The van der Waals surface area contributed by atoms with Crippen molar-refractivity contribution in [3.8, 4) is 0 Å². The van der Waals surface area contributed by atoms with Crippen molar-refractivity contribution in [2.24, 2.45) is 0 Å². The molecule has 1 unspecified atom stereocenters. The Morgan fingerprint density at radius 3 is 1.19 bits per heavy atom. The molecule has 1 aliphatic heterocycles. The lowest BCUT2D eigenvalue weighted by Crippen LogP contribution is -2.23. The van der Waals surface area contributed by atoms with Crippen molar-refractivity contribution in [1.29, 1.82) is 0 Å². The lowest BCUT2D eigenvalue weighted by molar-refractivity contribution is -0.154. The Morgan fingerprint density at radius 2 is 0.781 bits per heavy atom. The highest BCUT2D eigenvalue weighted by Crippen LogP contribution is 2.16. The molecule has 0 spiro atoms. The maximum Gasteiger partial charge on any atom is 0.334 e. The molecule has 1 aliphatic rings. The minimum Gasteiger partial charge on any atom is -0.464 e. The van der Waals surface area contributed by atoms with Crippen molar-refractivity contribution < 1.29 is 19.7 Å². The van der Waals surface area contributed by atoms with Crippen LogP contribution < -0.4 is 0 Å². The van der Waals surface area contributed by atoms with Crippen LogP contribution >= 0.6 is 0 Å². The zero-order valence-corrected chi connectivity index (χ0v) is 21.0. The van der Waals surface area contributed by atoms with Crippen molar-refractivity contribution in [1.82, 2.24) is 0 Å². The monoisotopic (exact) mass is 454 g/mol. The molecular weight excluding hydrogens is 400 g/mol. The second kappa shape index (κ2) is 22.2. The van der Waals surface area contributed by atoms with Gasteiger partial charge in [-0.25, -0.2) is 4.79 Å². The third-order valence-electron chi connectivity index (χ3n) is 6.96. The molecule has 4 heteroatoms. The highest BCUT2D eigenvalue weighted by Gasteiger charge is 2.15. The van der Waals surface area contributed by atoms with Crippen LogP contribution in [0.25, 0.3) is 0 Å². The predicted octanol–water partition coefficient (Wildman–Crippen LogP) is 7.63. The first-order valence-electron chi connectivity index (χ1n) is 14.2. The Balaban J connectivity index is 2.19. The molecule has 1 fully saturated rings. The molecule has 2 N–H and O–H groups in total. The molecule has 0 aliphatic carbocycles. The second-order valence-electron chi connectivity index (χ2n) is 10.1. The van der Waals surface area contributed by atoms with E-state index < -0.39 is 12.1 Å². The number of hydrogen-bond donors (Lipinski definition) is 2. The number of ether oxygens (including phenoxy) is 1. The van der Waals surface area contributed by atoms with Gasteiger partial charge in [0.2, 0.25) is 0 Å². The Kier molecular flexibility index (Phi) is 20.4. The largest absolute Gasteiger partial charge is 0.464 e. The van der Waals surface area contributed by atoms with E-state index in [4.69, 9.17) is 4.74 Å². The summed E-state index contributed by atoms with van der Waals surface area (Å²) >= 11 is 0. The summed E-state index contributed by atoms with van der Waals surface area (Å²) in [5, 5.41) is 20.1. The predicted molar refractivity (Wildman–Crippen MR) is 134 cm³/mol. The van der Waals surface area contributed by atoms with Crippen LogP contribution in [0.2, 0.25) is 0 Å². The van der Waals surface area contributed by atoms with Crippen LogP contribution in [0.5, 0.6) is 0 Å². The SMILES string of the molecule is O=C1OCCCCC(O)CCCCCCCCCCCCCCCCCCCCC[C@@H]1O. The number of cyclic esters (lactones) is 1. The van der Waals surface area contributed by atoms with E-state index in [2.05, 4.69) is 0 Å². The standard InChI is InChI=1S/C28H54O4/c29-26-22-18-16-14-12-10-8-6-4-2-1-3-5-7-9-11-13-15-17-19-24-27(30)28(31)32-25-21-20-23-26/h26-27,29-30H,1-25H2/t26?,27-/m0/s1. The van der Waals surface area contributed by atoms with Crippen molar-refractivity contribution in [2.45, 2.75) is 166 Å². The summed E-state index contributed by atoms with van der Waals surface area (Å²) in [5.41, 5.74) is 0. The third-order valence-corrected chi connectivity index (χ3v) is 6.96. The molecule has 1 heterocycles. The summed E-state index contributed by atoms with van der Waals surface area (Å²) in [4.78, 5) is 11.9. The zero-order chi connectivity index (χ0) is 23.1. The first-order valence-corrected chi connectivity index (χ1v) is 14.2. The summed E-state index contributed by atoms with van der Waals surface area (Å²) in [7, 11) is 0. The first kappa shape index (κ1) is 29.4. The summed E-state index contributed by atoms with van der Waals surface area (Å²) in [6, 6.07) is 0. The van der Waals surface area contributed by atoms with Crippen LogP contribution in [-0.4, -0.2) is 35.0 Å². The van der Waals surface area contributed by atoms with Crippen LogP contribution in [0.1, 0.15) is 154 Å². The fourth-order valence-corrected chi connectivity index (χ4v) is 4.74. The van der Waals surface area contributed by atoms with Crippen LogP contribution in [0.15, 0.2) is 0 Å². The molecule has 0 bridgehead atoms. The van der Waals surface area contributed by atoms with Crippen LogP contribution in [0.3, 0.4) is 0 Å². The minimum absolute atomic E-state index is 0.229. The molecule has 0 radical (unpaired) electrons. The fraction of sp³-hybridized carbons (Fsp3) is 0.964. The maximum absolute atomic E-state index is 11.9. The molecular formula is C28H54O4. The van der Waals surface area contributed by atoms with Crippen molar-refractivity contribution in [3.05, 3.63) is 0 Å². The number of esters is 1. The Bertz CT molecular complexity index is 412. The van der Waals surface area contributed by atoms with Crippen molar-refractivity contribution in [2.75, 3.05) is 6.61 Å². The van der Waals surface area contributed by atoms with Gasteiger partial charge in [0, 0.05) is 0 Å². The number of aliphatic hydroxyl groups excluding tert-OH is 2. The Hall–Kier alpha value is -0.610. The van der Waals surface area contributed by atoms with Gasteiger partial charge in [0.15, 0.2) is 6.10 Å². The minimum atomic E-state index is -0.975. The maximum atomic E-state index is 11.9. The highest BCUT2D eigenvalue weighted by atomic mass is 16.5. The molecule has 1 saturated heterocycles.